The molecule has 3 heteroatoms. The van der Waals surface area contributed by atoms with Crippen LogP contribution in [0, 0.1) is 11.8 Å². The molecule has 0 radical (unpaired) electrons. The number of aromatic nitrogens is 1. The second-order valence-electron chi connectivity index (χ2n) is 5.19. The molecule has 3 nitrogen and oxygen atoms in total. The zero-order valence-electron chi connectivity index (χ0n) is 10.2. The highest BCUT2D eigenvalue weighted by Crippen LogP contribution is 2.23. The van der Waals surface area contributed by atoms with Gasteiger partial charge in [0.1, 0.15) is 5.82 Å². The van der Waals surface area contributed by atoms with E-state index in [9.17, 15) is 0 Å². The zero-order valence-corrected chi connectivity index (χ0v) is 10.2. The Kier molecular flexibility index (Phi) is 3.44. The molecule has 1 fully saturated rings. The lowest BCUT2D eigenvalue weighted by atomic mass is 9.91. The normalized spacial score (nSPS) is 26.9. The number of hydrogen-bond acceptors (Lipinski definition) is 3. The number of piperidine rings is 1. The summed E-state index contributed by atoms with van der Waals surface area (Å²) < 4.78 is 0. The first kappa shape index (κ1) is 11.4. The molecular formula is C13H21N3. The summed E-state index contributed by atoms with van der Waals surface area (Å²) in [6, 6.07) is 4.04. The first-order valence-corrected chi connectivity index (χ1v) is 6.07. The zero-order chi connectivity index (χ0) is 11.5. The van der Waals surface area contributed by atoms with Crippen molar-refractivity contribution in [2.24, 2.45) is 11.8 Å². The van der Waals surface area contributed by atoms with Crippen molar-refractivity contribution in [1.82, 2.24) is 9.88 Å². The third-order valence-corrected chi connectivity index (χ3v) is 3.26. The summed E-state index contributed by atoms with van der Waals surface area (Å²) >= 11 is 0. The Hall–Kier alpha value is -1.09. The summed E-state index contributed by atoms with van der Waals surface area (Å²) in [5.74, 6) is 2.26. The van der Waals surface area contributed by atoms with E-state index in [4.69, 9.17) is 5.73 Å². The topological polar surface area (TPSA) is 42.2 Å². The number of hydrogen-bond donors (Lipinski definition) is 1. The lowest BCUT2D eigenvalue weighted by Crippen LogP contribution is -2.38. The average Bonchev–Trinajstić information content (AvgIpc) is 2.20. The fourth-order valence-electron chi connectivity index (χ4n) is 2.75. The number of likely N-dealkylation sites (tertiary alicyclic amines) is 1. The van der Waals surface area contributed by atoms with Gasteiger partial charge in [-0.15, -0.1) is 0 Å². The van der Waals surface area contributed by atoms with Crippen LogP contribution >= 0.6 is 0 Å². The quantitative estimate of drug-likeness (QED) is 0.828. The highest BCUT2D eigenvalue weighted by molar-refractivity contribution is 5.38. The maximum Gasteiger partial charge on any atom is 0.127 e. The molecule has 2 N–H and O–H groups in total. The van der Waals surface area contributed by atoms with E-state index in [1.54, 1.807) is 6.20 Å². The van der Waals surface area contributed by atoms with Crippen molar-refractivity contribution in [3.63, 3.8) is 0 Å². The van der Waals surface area contributed by atoms with Crippen molar-refractivity contribution in [1.29, 1.82) is 0 Å². The first-order valence-electron chi connectivity index (χ1n) is 6.07. The fraction of sp³-hybridized carbons (Fsp3) is 0.615. The van der Waals surface area contributed by atoms with Crippen LogP contribution < -0.4 is 5.73 Å². The van der Waals surface area contributed by atoms with E-state index >= 15 is 0 Å². The van der Waals surface area contributed by atoms with Crippen LogP contribution in [0.25, 0.3) is 0 Å². The number of nitrogens with two attached hydrogens (primary N) is 1. The van der Waals surface area contributed by atoms with Crippen LogP contribution in [0.1, 0.15) is 25.8 Å². The van der Waals surface area contributed by atoms with Crippen LogP contribution in [0.3, 0.4) is 0 Å². The van der Waals surface area contributed by atoms with Gasteiger partial charge in [0.15, 0.2) is 0 Å². The molecule has 0 aromatic carbocycles. The standard InChI is InChI=1S/C13H21N3/c1-10-6-11(2)8-16(7-10)9-12-4-3-5-15-13(12)14/h3-5,10-11H,6-9H2,1-2H3,(H2,14,15). The van der Waals surface area contributed by atoms with Crippen molar-refractivity contribution in [3.8, 4) is 0 Å². The Balaban J connectivity index is 2.02. The first-order chi connectivity index (χ1) is 7.65. The summed E-state index contributed by atoms with van der Waals surface area (Å²) in [5.41, 5.74) is 7.03. The molecule has 1 aromatic rings. The van der Waals surface area contributed by atoms with Gasteiger partial charge in [-0.2, -0.15) is 0 Å². The van der Waals surface area contributed by atoms with E-state index in [2.05, 4.69) is 29.8 Å². The molecule has 0 aliphatic carbocycles. The SMILES string of the molecule is CC1CC(C)CN(Cc2cccnc2N)C1. The average molecular weight is 219 g/mol. The largest absolute Gasteiger partial charge is 0.383 e. The lowest BCUT2D eigenvalue weighted by molar-refractivity contribution is 0.134. The smallest absolute Gasteiger partial charge is 0.127 e. The highest BCUT2D eigenvalue weighted by Gasteiger charge is 2.22. The van der Waals surface area contributed by atoms with Crippen molar-refractivity contribution >= 4 is 5.82 Å². The predicted molar refractivity (Wildman–Crippen MR) is 66.9 cm³/mol. The van der Waals surface area contributed by atoms with Crippen LogP contribution in [-0.4, -0.2) is 23.0 Å². The van der Waals surface area contributed by atoms with Gasteiger partial charge in [0.2, 0.25) is 0 Å². The molecule has 1 aliphatic heterocycles. The Morgan fingerprint density at radius 1 is 1.38 bits per heavy atom. The molecule has 16 heavy (non-hydrogen) atoms. The van der Waals surface area contributed by atoms with Gasteiger partial charge < -0.3 is 5.73 Å². The van der Waals surface area contributed by atoms with Gasteiger partial charge in [0, 0.05) is 31.4 Å². The molecule has 0 bridgehead atoms. The number of anilines is 1. The summed E-state index contributed by atoms with van der Waals surface area (Å²) in [7, 11) is 0. The van der Waals surface area contributed by atoms with Crippen molar-refractivity contribution in [2.75, 3.05) is 18.8 Å². The minimum atomic E-state index is 0.674. The van der Waals surface area contributed by atoms with Gasteiger partial charge >= 0.3 is 0 Å². The van der Waals surface area contributed by atoms with E-state index in [-0.39, 0.29) is 0 Å². The van der Waals surface area contributed by atoms with Crippen LogP contribution in [0.2, 0.25) is 0 Å². The third kappa shape index (κ3) is 2.73. The van der Waals surface area contributed by atoms with Gasteiger partial charge in [-0.05, 0) is 24.3 Å². The van der Waals surface area contributed by atoms with Gasteiger partial charge in [0.05, 0.1) is 0 Å². The van der Waals surface area contributed by atoms with Gasteiger partial charge in [-0.3, -0.25) is 4.90 Å². The van der Waals surface area contributed by atoms with E-state index in [0.29, 0.717) is 5.82 Å². The monoisotopic (exact) mass is 219 g/mol. The molecule has 1 aromatic heterocycles. The highest BCUT2D eigenvalue weighted by atomic mass is 15.1. The molecule has 0 amide bonds. The lowest BCUT2D eigenvalue weighted by Gasteiger charge is -2.35. The van der Waals surface area contributed by atoms with Gasteiger partial charge in [0.25, 0.3) is 0 Å². The van der Waals surface area contributed by atoms with E-state index < -0.39 is 0 Å². The Morgan fingerprint density at radius 3 is 2.69 bits per heavy atom. The summed E-state index contributed by atoms with van der Waals surface area (Å²) in [5, 5.41) is 0. The second-order valence-corrected chi connectivity index (χ2v) is 5.19. The summed E-state index contributed by atoms with van der Waals surface area (Å²) in [6.45, 7) is 7.95. The van der Waals surface area contributed by atoms with Crippen LogP contribution in [-0.2, 0) is 6.54 Å². The van der Waals surface area contributed by atoms with Crippen LogP contribution in [0.5, 0.6) is 0 Å². The molecule has 0 spiro atoms. The Bertz CT molecular complexity index is 341. The number of nitrogen functional groups attached to an aromatic ring is 1. The van der Waals surface area contributed by atoms with Crippen molar-refractivity contribution in [3.05, 3.63) is 23.9 Å². The molecule has 1 aliphatic rings. The summed E-state index contributed by atoms with van der Waals surface area (Å²) in [4.78, 5) is 6.63. The summed E-state index contributed by atoms with van der Waals surface area (Å²) in [6.07, 6.45) is 3.10. The van der Waals surface area contributed by atoms with Gasteiger partial charge in [-0.1, -0.05) is 19.9 Å². The molecule has 2 atom stereocenters. The predicted octanol–water partition coefficient (Wildman–Crippen LogP) is 2.14. The van der Waals surface area contributed by atoms with E-state index in [1.165, 1.54) is 19.5 Å². The number of nitrogens with zero attached hydrogens (tertiary/aromatic N) is 2. The minimum Gasteiger partial charge on any atom is -0.383 e. The molecule has 2 heterocycles. The van der Waals surface area contributed by atoms with Crippen LogP contribution in [0.4, 0.5) is 5.82 Å². The molecule has 2 unspecified atom stereocenters. The number of pyridine rings is 1. The molecule has 0 saturated carbocycles. The maximum atomic E-state index is 5.87. The number of rotatable bonds is 2. The van der Waals surface area contributed by atoms with Crippen molar-refractivity contribution < 1.29 is 0 Å². The molecular weight excluding hydrogens is 198 g/mol. The fourth-order valence-corrected chi connectivity index (χ4v) is 2.75. The molecule has 88 valence electrons. The molecule has 2 rings (SSSR count). The van der Waals surface area contributed by atoms with E-state index in [1.807, 2.05) is 6.07 Å². The maximum absolute atomic E-state index is 5.87. The van der Waals surface area contributed by atoms with Crippen LogP contribution in [0.15, 0.2) is 18.3 Å². The molecule has 1 saturated heterocycles. The second kappa shape index (κ2) is 4.83. The van der Waals surface area contributed by atoms with E-state index in [0.717, 1.165) is 23.9 Å². The minimum absolute atomic E-state index is 0.674. The Morgan fingerprint density at radius 2 is 2.06 bits per heavy atom. The third-order valence-electron chi connectivity index (χ3n) is 3.26. The Labute approximate surface area is 97.7 Å². The van der Waals surface area contributed by atoms with Crippen molar-refractivity contribution in [2.45, 2.75) is 26.8 Å². The van der Waals surface area contributed by atoms with Gasteiger partial charge in [-0.25, -0.2) is 4.98 Å².